The van der Waals surface area contributed by atoms with Gasteiger partial charge in [0.05, 0.1) is 8.07 Å². The highest BCUT2D eigenvalue weighted by Gasteiger charge is 2.27. The highest BCUT2D eigenvalue weighted by molar-refractivity contribution is 6.88. The van der Waals surface area contributed by atoms with E-state index < -0.39 is 8.07 Å². The lowest BCUT2D eigenvalue weighted by Gasteiger charge is -2.24. The maximum atomic E-state index is 2.44. The van der Waals surface area contributed by atoms with Gasteiger partial charge in [-0.3, -0.25) is 0 Å². The van der Waals surface area contributed by atoms with Crippen molar-refractivity contribution in [3.05, 3.63) is 71.4 Å². The van der Waals surface area contributed by atoms with Crippen LogP contribution in [0.1, 0.15) is 58.2 Å². The fraction of sp³-hybridized carbons (Fsp3) is 0.433. The Morgan fingerprint density at radius 1 is 0.719 bits per heavy atom. The van der Waals surface area contributed by atoms with Gasteiger partial charge in [0.1, 0.15) is 7.05 Å². The second-order valence-corrected chi connectivity index (χ2v) is 17.5. The molecule has 0 N–H and O–H groups in total. The molecule has 0 fully saturated rings. The molecule has 170 valence electrons. The van der Waals surface area contributed by atoms with Crippen LogP contribution in [0.3, 0.4) is 0 Å². The molecule has 0 bridgehead atoms. The normalized spacial score (nSPS) is 12.8. The average molecular weight is 445 g/mol. The summed E-state index contributed by atoms with van der Waals surface area (Å²) < 4.78 is 2.32. The molecule has 0 saturated carbocycles. The van der Waals surface area contributed by atoms with E-state index in [9.17, 15) is 0 Å². The molecule has 1 heterocycles. The molecular weight excluding hydrogens is 402 g/mol. The fourth-order valence-corrected chi connectivity index (χ4v) is 5.43. The molecule has 2 heteroatoms. The summed E-state index contributed by atoms with van der Waals surface area (Å²) in [6.07, 6.45) is 2.35. The maximum absolute atomic E-state index is 2.44. The lowest BCUT2D eigenvalue weighted by molar-refractivity contribution is -0.660. The number of nitrogens with zero attached hydrogens (tertiary/aromatic N) is 1. The first kappa shape index (κ1) is 24.4. The summed E-state index contributed by atoms with van der Waals surface area (Å²) in [4.78, 5) is 0. The summed E-state index contributed by atoms with van der Waals surface area (Å²) in [6.45, 7) is 23.3. The zero-order valence-electron chi connectivity index (χ0n) is 22.1. The molecule has 3 rings (SSSR count). The molecule has 0 spiro atoms. The Labute approximate surface area is 197 Å². The third kappa shape index (κ3) is 5.07. The van der Waals surface area contributed by atoms with Crippen LogP contribution in [-0.4, -0.2) is 8.07 Å². The molecule has 0 aliphatic carbocycles. The van der Waals surface area contributed by atoms with Gasteiger partial charge in [-0.15, -0.1) is 0 Å². The van der Waals surface area contributed by atoms with Crippen LogP contribution in [0.5, 0.6) is 0 Å². The Balaban J connectivity index is 2.26. The molecule has 0 aliphatic rings. The monoisotopic (exact) mass is 444 g/mol. The van der Waals surface area contributed by atoms with Gasteiger partial charge >= 0.3 is 0 Å². The number of pyridine rings is 1. The zero-order chi connectivity index (χ0) is 24.1. The molecule has 1 aromatic heterocycles. The Morgan fingerprint density at radius 2 is 1.31 bits per heavy atom. The van der Waals surface area contributed by atoms with Crippen LogP contribution in [0.4, 0.5) is 0 Å². The molecule has 32 heavy (non-hydrogen) atoms. The van der Waals surface area contributed by atoms with E-state index in [0.717, 1.165) is 0 Å². The Hall–Kier alpha value is -2.19. The van der Waals surface area contributed by atoms with Gasteiger partial charge in [-0.25, -0.2) is 4.57 Å². The minimum Gasteiger partial charge on any atom is -0.201 e. The number of aromatic nitrogens is 1. The molecule has 0 aliphatic heterocycles. The van der Waals surface area contributed by atoms with Crippen molar-refractivity contribution in [3.8, 4) is 22.4 Å². The van der Waals surface area contributed by atoms with E-state index in [2.05, 4.69) is 134 Å². The van der Waals surface area contributed by atoms with Crippen molar-refractivity contribution in [2.24, 2.45) is 7.05 Å². The van der Waals surface area contributed by atoms with Crippen LogP contribution >= 0.6 is 0 Å². The smallest absolute Gasteiger partial charge is 0.201 e. The second-order valence-electron chi connectivity index (χ2n) is 12.5. The maximum Gasteiger partial charge on any atom is 0.213 e. The lowest BCUT2D eigenvalue weighted by atomic mass is 9.81. The van der Waals surface area contributed by atoms with E-state index >= 15 is 0 Å². The van der Waals surface area contributed by atoms with E-state index in [0.29, 0.717) is 0 Å². The van der Waals surface area contributed by atoms with Gasteiger partial charge in [0.2, 0.25) is 5.69 Å². The molecular formula is C30H42NSi+. The predicted molar refractivity (Wildman–Crippen MR) is 144 cm³/mol. The average Bonchev–Trinajstić information content (AvgIpc) is 2.66. The molecule has 0 atom stereocenters. The van der Waals surface area contributed by atoms with Gasteiger partial charge in [-0.1, -0.05) is 103 Å². The van der Waals surface area contributed by atoms with Crippen molar-refractivity contribution >= 4 is 13.3 Å². The summed E-state index contributed by atoms with van der Waals surface area (Å²) >= 11 is 0. The third-order valence-corrected chi connectivity index (χ3v) is 8.57. The molecule has 0 saturated heterocycles. The molecule has 0 radical (unpaired) electrons. The molecule has 2 aromatic carbocycles. The number of benzene rings is 2. The standard InChI is InChI=1S/C30H42NSi/c1-21-12-17-24(32(9,10)11)18-25(21)28-19-26(27(20-31(28)8)30(5,6)7)22-13-15-23(16-14-22)29(2,3)4/h12-20H,1-11H3/q+1. The third-order valence-electron chi connectivity index (χ3n) is 6.52. The Kier molecular flexibility index (Phi) is 6.34. The summed E-state index contributed by atoms with van der Waals surface area (Å²) in [5, 5.41) is 1.51. The Bertz CT molecular complexity index is 1120. The van der Waals surface area contributed by atoms with Gasteiger partial charge < -0.3 is 0 Å². The highest BCUT2D eigenvalue weighted by Crippen LogP contribution is 2.36. The van der Waals surface area contributed by atoms with Crippen LogP contribution in [0.25, 0.3) is 22.4 Å². The lowest BCUT2D eigenvalue weighted by Crippen LogP contribution is -2.38. The first-order valence-electron chi connectivity index (χ1n) is 11.9. The van der Waals surface area contributed by atoms with Crippen molar-refractivity contribution in [2.45, 2.75) is 78.9 Å². The SMILES string of the molecule is Cc1ccc([Si](C)(C)C)cc1-c1cc(-c2ccc(C(C)(C)C)cc2)c(C(C)(C)C)c[n+]1C. The van der Waals surface area contributed by atoms with Gasteiger partial charge in [0.25, 0.3) is 0 Å². The van der Waals surface area contributed by atoms with Gasteiger partial charge in [0, 0.05) is 17.2 Å². The Morgan fingerprint density at radius 3 is 1.81 bits per heavy atom. The van der Waals surface area contributed by atoms with Crippen molar-refractivity contribution < 1.29 is 4.57 Å². The number of hydrogen-bond acceptors (Lipinski definition) is 0. The minimum absolute atomic E-state index is 0.0591. The van der Waals surface area contributed by atoms with Crippen LogP contribution in [0.15, 0.2) is 54.7 Å². The van der Waals surface area contributed by atoms with Gasteiger partial charge in [0.15, 0.2) is 6.20 Å². The largest absolute Gasteiger partial charge is 0.213 e. The molecule has 0 amide bonds. The molecule has 0 unspecified atom stereocenters. The topological polar surface area (TPSA) is 3.88 Å². The molecule has 3 aromatic rings. The van der Waals surface area contributed by atoms with Gasteiger partial charge in [-0.2, -0.15) is 0 Å². The van der Waals surface area contributed by atoms with Gasteiger partial charge in [-0.05, 0) is 46.1 Å². The predicted octanol–water partition coefficient (Wildman–Crippen LogP) is 7.29. The first-order chi connectivity index (χ1) is 14.6. The quantitative estimate of drug-likeness (QED) is 0.295. The van der Waals surface area contributed by atoms with Crippen molar-refractivity contribution in [3.63, 3.8) is 0 Å². The fourth-order valence-electron chi connectivity index (χ4n) is 4.27. The van der Waals surface area contributed by atoms with Crippen LogP contribution < -0.4 is 9.75 Å². The van der Waals surface area contributed by atoms with E-state index in [-0.39, 0.29) is 10.8 Å². The number of hydrogen-bond donors (Lipinski definition) is 0. The number of aryl methyl sites for hydroxylation is 2. The first-order valence-corrected chi connectivity index (χ1v) is 15.4. The second kappa shape index (κ2) is 8.30. The zero-order valence-corrected chi connectivity index (χ0v) is 23.1. The van der Waals surface area contributed by atoms with Crippen LogP contribution in [0.2, 0.25) is 19.6 Å². The minimum atomic E-state index is -1.39. The van der Waals surface area contributed by atoms with E-state index in [1.54, 1.807) is 0 Å². The summed E-state index contributed by atoms with van der Waals surface area (Å²) in [7, 11) is 0.802. The summed E-state index contributed by atoms with van der Waals surface area (Å²) in [6, 6.07) is 18.7. The van der Waals surface area contributed by atoms with E-state index in [1.165, 1.54) is 44.3 Å². The molecule has 1 nitrogen and oxygen atoms in total. The summed E-state index contributed by atoms with van der Waals surface area (Å²) in [5.74, 6) is 0. The van der Waals surface area contributed by atoms with Crippen LogP contribution in [-0.2, 0) is 17.9 Å². The number of rotatable bonds is 3. The van der Waals surface area contributed by atoms with E-state index in [4.69, 9.17) is 0 Å². The van der Waals surface area contributed by atoms with Crippen molar-refractivity contribution in [1.82, 2.24) is 0 Å². The van der Waals surface area contributed by atoms with Crippen molar-refractivity contribution in [2.75, 3.05) is 0 Å². The van der Waals surface area contributed by atoms with E-state index in [1.807, 2.05) is 0 Å². The highest BCUT2D eigenvalue weighted by atomic mass is 28.3. The van der Waals surface area contributed by atoms with Crippen LogP contribution in [0, 0.1) is 6.92 Å². The van der Waals surface area contributed by atoms with Crippen molar-refractivity contribution in [1.29, 1.82) is 0 Å². The summed E-state index contributed by atoms with van der Waals surface area (Å²) in [5.41, 5.74) is 9.57.